The predicted octanol–water partition coefficient (Wildman–Crippen LogP) is 4.59. The van der Waals surface area contributed by atoms with Crippen molar-refractivity contribution in [1.82, 2.24) is 8.75 Å². The summed E-state index contributed by atoms with van der Waals surface area (Å²) in [4.78, 5) is 13.2. The number of hydrogen-bond acceptors (Lipinski definition) is 8. The number of benzene rings is 2. The van der Waals surface area contributed by atoms with Crippen LogP contribution in [0.4, 0.5) is 0 Å². The van der Waals surface area contributed by atoms with Crippen molar-refractivity contribution in [3.05, 3.63) is 53.1 Å². The summed E-state index contributed by atoms with van der Waals surface area (Å²) in [5.74, 6) is -0.817. The predicted molar refractivity (Wildman–Crippen MR) is 123 cm³/mol. The first-order valence-corrected chi connectivity index (χ1v) is 12.2. The highest BCUT2D eigenvalue weighted by molar-refractivity contribution is 7.00. The molecule has 0 saturated heterocycles. The SMILES string of the molecule is O=C1OC(O)(c2ccc3c(c2)OCCO3)C(CC2CCCCC2)=C1c1ccc2nsnc2c1. The van der Waals surface area contributed by atoms with Gasteiger partial charge >= 0.3 is 5.97 Å². The van der Waals surface area contributed by atoms with E-state index in [2.05, 4.69) is 8.75 Å². The normalized spacial score (nSPS) is 23.2. The zero-order chi connectivity index (χ0) is 22.4. The summed E-state index contributed by atoms with van der Waals surface area (Å²) in [6.45, 7) is 0.920. The molecule has 8 heteroatoms. The van der Waals surface area contributed by atoms with Gasteiger partial charge in [0.25, 0.3) is 5.79 Å². The van der Waals surface area contributed by atoms with Gasteiger partial charge in [0, 0.05) is 11.1 Å². The zero-order valence-electron chi connectivity index (χ0n) is 18.1. The number of ether oxygens (including phenoxy) is 3. The van der Waals surface area contributed by atoms with Gasteiger partial charge in [0.1, 0.15) is 24.2 Å². The lowest BCUT2D eigenvalue weighted by atomic mass is 9.80. The highest BCUT2D eigenvalue weighted by Gasteiger charge is 2.49. The summed E-state index contributed by atoms with van der Waals surface area (Å²) < 4.78 is 25.7. The molecule has 0 spiro atoms. The Morgan fingerprint density at radius 2 is 1.76 bits per heavy atom. The number of carbonyl (C=O) groups excluding carboxylic acids is 1. The van der Waals surface area contributed by atoms with Crippen LogP contribution in [0.25, 0.3) is 16.6 Å². The number of aromatic nitrogens is 2. The molecule has 7 nitrogen and oxygen atoms in total. The number of hydrogen-bond donors (Lipinski definition) is 1. The number of fused-ring (bicyclic) bond motifs is 2. The molecule has 0 radical (unpaired) electrons. The molecule has 1 N–H and O–H groups in total. The van der Waals surface area contributed by atoms with E-state index in [0.29, 0.717) is 59.3 Å². The Bertz CT molecular complexity index is 1260. The average molecular weight is 465 g/mol. The summed E-state index contributed by atoms with van der Waals surface area (Å²) in [7, 11) is 0. The van der Waals surface area contributed by atoms with Crippen LogP contribution in [-0.2, 0) is 15.3 Å². The van der Waals surface area contributed by atoms with Crippen LogP contribution in [0.2, 0.25) is 0 Å². The second-order valence-electron chi connectivity index (χ2n) is 8.92. The Balaban J connectivity index is 1.48. The minimum atomic E-state index is -1.85. The summed E-state index contributed by atoms with van der Waals surface area (Å²) >= 11 is 1.14. The highest BCUT2D eigenvalue weighted by Crippen LogP contribution is 2.49. The van der Waals surface area contributed by atoms with Crippen molar-refractivity contribution in [3.8, 4) is 11.5 Å². The second kappa shape index (κ2) is 8.11. The molecule has 6 rings (SSSR count). The topological polar surface area (TPSA) is 90.8 Å². The van der Waals surface area contributed by atoms with Crippen molar-refractivity contribution in [2.45, 2.75) is 44.3 Å². The third-order valence-electron chi connectivity index (χ3n) is 6.85. The molecule has 2 aliphatic heterocycles. The molecule has 1 saturated carbocycles. The smallest absolute Gasteiger partial charge is 0.341 e. The quantitative estimate of drug-likeness (QED) is 0.565. The molecule has 3 heterocycles. The summed E-state index contributed by atoms with van der Waals surface area (Å²) in [6, 6.07) is 10.8. The van der Waals surface area contributed by atoms with E-state index in [4.69, 9.17) is 14.2 Å². The van der Waals surface area contributed by atoms with Crippen molar-refractivity contribution in [2.24, 2.45) is 5.92 Å². The lowest BCUT2D eigenvalue weighted by Crippen LogP contribution is -2.30. The second-order valence-corrected chi connectivity index (χ2v) is 9.45. The summed E-state index contributed by atoms with van der Waals surface area (Å²) in [5.41, 5.74) is 3.71. The van der Waals surface area contributed by atoms with Gasteiger partial charge in [0.15, 0.2) is 11.5 Å². The highest BCUT2D eigenvalue weighted by atomic mass is 32.1. The Morgan fingerprint density at radius 1 is 0.970 bits per heavy atom. The molecular weight excluding hydrogens is 440 g/mol. The molecule has 3 aliphatic rings. The summed E-state index contributed by atoms with van der Waals surface area (Å²) in [5, 5.41) is 11.9. The average Bonchev–Trinajstić information content (AvgIpc) is 3.41. The minimum absolute atomic E-state index is 0.395. The Hall–Kier alpha value is -2.97. The first-order valence-electron chi connectivity index (χ1n) is 11.4. The standard InChI is InChI=1S/C25H24N2O5S/c28-24-23(16-6-8-19-20(13-16)27-33-26-19)18(12-15-4-2-1-3-5-15)25(29,32-24)17-7-9-21-22(14-17)31-11-10-30-21/h6-9,13-15,29H,1-5,10-12H2. The molecule has 1 fully saturated rings. The van der Waals surface area contributed by atoms with Gasteiger partial charge in [-0.1, -0.05) is 38.2 Å². The third kappa shape index (κ3) is 3.57. The molecule has 33 heavy (non-hydrogen) atoms. The van der Waals surface area contributed by atoms with Crippen LogP contribution in [-0.4, -0.2) is 33.0 Å². The summed E-state index contributed by atoms with van der Waals surface area (Å²) in [6.07, 6.45) is 6.33. The first-order chi connectivity index (χ1) is 16.1. The lowest BCUT2D eigenvalue weighted by Gasteiger charge is -2.30. The number of nitrogens with zero attached hydrogens (tertiary/aromatic N) is 2. The van der Waals surface area contributed by atoms with E-state index in [0.717, 1.165) is 35.6 Å². The van der Waals surface area contributed by atoms with E-state index < -0.39 is 11.8 Å². The third-order valence-corrected chi connectivity index (χ3v) is 7.41. The van der Waals surface area contributed by atoms with Gasteiger partial charge in [-0.05, 0) is 48.2 Å². The van der Waals surface area contributed by atoms with Crippen LogP contribution in [0.15, 0.2) is 42.0 Å². The number of aliphatic hydroxyl groups is 1. The van der Waals surface area contributed by atoms with Gasteiger partial charge in [-0.2, -0.15) is 8.75 Å². The fourth-order valence-electron chi connectivity index (χ4n) is 5.18. The molecule has 170 valence electrons. The molecule has 1 atom stereocenters. The van der Waals surface area contributed by atoms with E-state index in [9.17, 15) is 9.90 Å². The monoisotopic (exact) mass is 464 g/mol. The molecule has 1 aliphatic carbocycles. The van der Waals surface area contributed by atoms with Crippen LogP contribution in [0.3, 0.4) is 0 Å². The van der Waals surface area contributed by atoms with Crippen LogP contribution in [0, 0.1) is 5.92 Å². The van der Waals surface area contributed by atoms with Crippen LogP contribution >= 0.6 is 11.7 Å². The molecule has 2 aromatic carbocycles. The maximum atomic E-state index is 13.2. The molecule has 1 unspecified atom stereocenters. The van der Waals surface area contributed by atoms with Gasteiger partial charge in [0.2, 0.25) is 0 Å². The number of esters is 1. The molecule has 0 bridgehead atoms. The van der Waals surface area contributed by atoms with Crippen LogP contribution in [0.1, 0.15) is 49.7 Å². The number of carbonyl (C=O) groups is 1. The van der Waals surface area contributed by atoms with Gasteiger partial charge in [-0.15, -0.1) is 0 Å². The van der Waals surface area contributed by atoms with Gasteiger partial charge < -0.3 is 19.3 Å². The zero-order valence-corrected chi connectivity index (χ0v) is 18.9. The lowest BCUT2D eigenvalue weighted by molar-refractivity contribution is -0.185. The fourth-order valence-corrected chi connectivity index (χ4v) is 5.69. The Labute approximate surface area is 195 Å². The van der Waals surface area contributed by atoms with E-state index in [1.165, 1.54) is 19.3 Å². The van der Waals surface area contributed by atoms with Crippen molar-refractivity contribution in [1.29, 1.82) is 0 Å². The molecule has 0 amide bonds. The van der Waals surface area contributed by atoms with Crippen LogP contribution in [0.5, 0.6) is 11.5 Å². The minimum Gasteiger partial charge on any atom is -0.486 e. The van der Waals surface area contributed by atoms with E-state index in [-0.39, 0.29) is 0 Å². The van der Waals surface area contributed by atoms with Crippen molar-refractivity contribution < 1.29 is 24.1 Å². The maximum absolute atomic E-state index is 13.2. The Kier molecular flexibility index (Phi) is 5.07. The van der Waals surface area contributed by atoms with E-state index >= 15 is 0 Å². The maximum Gasteiger partial charge on any atom is 0.341 e. The number of rotatable bonds is 4. The fraction of sp³-hybridized carbons (Fsp3) is 0.400. The van der Waals surface area contributed by atoms with Crippen molar-refractivity contribution in [2.75, 3.05) is 13.2 Å². The van der Waals surface area contributed by atoms with Gasteiger partial charge in [0.05, 0.1) is 17.3 Å². The van der Waals surface area contributed by atoms with E-state index in [1.54, 1.807) is 18.2 Å². The molecule has 3 aromatic rings. The largest absolute Gasteiger partial charge is 0.486 e. The van der Waals surface area contributed by atoms with Crippen molar-refractivity contribution in [3.63, 3.8) is 0 Å². The van der Waals surface area contributed by atoms with Gasteiger partial charge in [-0.25, -0.2) is 4.79 Å². The molecular formula is C25H24N2O5S. The van der Waals surface area contributed by atoms with Crippen LogP contribution < -0.4 is 9.47 Å². The Morgan fingerprint density at radius 3 is 2.61 bits per heavy atom. The molecule has 1 aromatic heterocycles. The van der Waals surface area contributed by atoms with Crippen molar-refractivity contribution >= 4 is 34.3 Å². The van der Waals surface area contributed by atoms with E-state index in [1.807, 2.05) is 18.2 Å². The van der Waals surface area contributed by atoms with Gasteiger partial charge in [-0.3, -0.25) is 0 Å². The first kappa shape index (κ1) is 20.6. The number of cyclic esters (lactones) is 1.